The lowest BCUT2D eigenvalue weighted by Crippen LogP contribution is -1.90. The molecule has 2 heteroatoms. The molecule has 0 saturated heterocycles. The summed E-state index contributed by atoms with van der Waals surface area (Å²) in [4.78, 5) is 0. The van der Waals surface area contributed by atoms with Crippen LogP contribution in [-0.4, -0.2) is 4.32 Å². The fraction of sp³-hybridized carbons (Fsp3) is 0.300. The molecule has 1 rings (SSSR count). The Bertz CT molecular complexity index is 274. The minimum absolute atomic E-state index is 0.435. The molecule has 0 N–H and O–H groups in total. The van der Waals surface area contributed by atoms with E-state index >= 15 is 0 Å². The molecule has 64 valence electrons. The average Bonchev–Trinajstić information content (AvgIpc) is 2.04. The van der Waals surface area contributed by atoms with Crippen molar-refractivity contribution in [2.24, 2.45) is 0 Å². The minimum Gasteiger partial charge on any atom is -0.0709 e. The van der Waals surface area contributed by atoms with Crippen LogP contribution < -0.4 is 0 Å². The number of thiocarbonyl (C=S) groups is 1. The van der Waals surface area contributed by atoms with Crippen molar-refractivity contribution in [1.82, 2.24) is 0 Å². The van der Waals surface area contributed by atoms with Gasteiger partial charge in [-0.15, -0.1) is 0 Å². The van der Waals surface area contributed by atoms with Crippen LogP contribution in [0.2, 0.25) is 0 Å². The topological polar surface area (TPSA) is 0 Å². The van der Waals surface area contributed by atoms with Crippen LogP contribution in [0.1, 0.15) is 30.9 Å². The second-order valence-electron chi connectivity index (χ2n) is 3.05. The molecule has 0 aromatic heterocycles. The summed E-state index contributed by atoms with van der Waals surface area (Å²) in [6, 6.07) is 8.05. The first-order chi connectivity index (χ1) is 5.61. The quantitative estimate of drug-likeness (QED) is 0.516. The lowest BCUT2D eigenvalue weighted by atomic mass is 10.0. The molecule has 0 atom stereocenters. The first-order valence-electron chi connectivity index (χ1n) is 3.91. The van der Waals surface area contributed by atoms with Crippen LogP contribution in [0.5, 0.6) is 0 Å². The van der Waals surface area contributed by atoms with Crippen molar-refractivity contribution in [3.63, 3.8) is 0 Å². The van der Waals surface area contributed by atoms with Gasteiger partial charge in [0.2, 0.25) is 0 Å². The number of benzene rings is 1. The van der Waals surface area contributed by atoms with E-state index in [1.54, 1.807) is 0 Å². The van der Waals surface area contributed by atoms with Crippen molar-refractivity contribution in [2.75, 3.05) is 0 Å². The second-order valence-corrected chi connectivity index (χ2v) is 4.06. The SMILES string of the molecule is CC(C)c1ccc(C(=S)Cl)cc1. The van der Waals surface area contributed by atoms with Gasteiger partial charge in [-0.1, -0.05) is 61.9 Å². The van der Waals surface area contributed by atoms with Crippen LogP contribution in [0.4, 0.5) is 0 Å². The van der Waals surface area contributed by atoms with Gasteiger partial charge in [0.1, 0.15) is 4.32 Å². The van der Waals surface area contributed by atoms with E-state index in [9.17, 15) is 0 Å². The third kappa shape index (κ3) is 2.29. The van der Waals surface area contributed by atoms with Crippen LogP contribution in [0.25, 0.3) is 0 Å². The van der Waals surface area contributed by atoms with Crippen molar-refractivity contribution in [3.05, 3.63) is 35.4 Å². The fourth-order valence-corrected chi connectivity index (χ4v) is 1.26. The Morgan fingerprint density at radius 1 is 1.25 bits per heavy atom. The van der Waals surface area contributed by atoms with Crippen molar-refractivity contribution in [2.45, 2.75) is 19.8 Å². The molecule has 0 bridgehead atoms. The van der Waals surface area contributed by atoms with Gasteiger partial charge >= 0.3 is 0 Å². The van der Waals surface area contributed by atoms with E-state index in [2.05, 4.69) is 26.0 Å². The summed E-state index contributed by atoms with van der Waals surface area (Å²) < 4.78 is 0.435. The van der Waals surface area contributed by atoms with E-state index in [0.29, 0.717) is 10.2 Å². The third-order valence-corrected chi connectivity index (χ3v) is 2.26. The molecule has 0 spiro atoms. The average molecular weight is 199 g/mol. The van der Waals surface area contributed by atoms with Crippen LogP contribution in [0.3, 0.4) is 0 Å². The summed E-state index contributed by atoms with van der Waals surface area (Å²) in [6.45, 7) is 4.32. The zero-order valence-corrected chi connectivity index (χ0v) is 8.75. The summed E-state index contributed by atoms with van der Waals surface area (Å²) in [5.41, 5.74) is 2.24. The highest BCUT2D eigenvalue weighted by Gasteiger charge is 2.00. The lowest BCUT2D eigenvalue weighted by molar-refractivity contribution is 0.866. The number of rotatable bonds is 2. The standard InChI is InChI=1S/C10H11ClS/c1-7(2)8-3-5-9(6-4-8)10(11)12/h3-7H,1-2H3. The second kappa shape index (κ2) is 4.01. The summed E-state index contributed by atoms with van der Waals surface area (Å²) in [7, 11) is 0. The summed E-state index contributed by atoms with van der Waals surface area (Å²) >= 11 is 10.5. The molecular weight excluding hydrogens is 188 g/mol. The maximum absolute atomic E-state index is 5.67. The van der Waals surface area contributed by atoms with E-state index < -0.39 is 0 Å². The Kier molecular flexibility index (Phi) is 3.24. The Morgan fingerprint density at radius 2 is 1.75 bits per heavy atom. The van der Waals surface area contributed by atoms with E-state index in [0.717, 1.165) is 5.56 Å². The molecule has 0 aliphatic rings. The molecule has 1 aromatic carbocycles. The molecule has 0 fully saturated rings. The van der Waals surface area contributed by atoms with Gasteiger partial charge in [0.15, 0.2) is 0 Å². The van der Waals surface area contributed by atoms with Crippen LogP contribution in [0.15, 0.2) is 24.3 Å². The van der Waals surface area contributed by atoms with Crippen molar-refractivity contribution in [3.8, 4) is 0 Å². The van der Waals surface area contributed by atoms with E-state index in [4.69, 9.17) is 23.8 Å². The molecule has 0 radical (unpaired) electrons. The molecule has 12 heavy (non-hydrogen) atoms. The van der Waals surface area contributed by atoms with Crippen molar-refractivity contribution >= 4 is 28.1 Å². The molecule has 0 amide bonds. The molecule has 0 aliphatic carbocycles. The zero-order valence-electron chi connectivity index (χ0n) is 7.17. The smallest absolute Gasteiger partial charge is 0.0709 e. The minimum atomic E-state index is 0.435. The fourth-order valence-electron chi connectivity index (χ4n) is 0.999. The van der Waals surface area contributed by atoms with Crippen molar-refractivity contribution < 1.29 is 0 Å². The van der Waals surface area contributed by atoms with E-state index in [1.807, 2.05) is 12.1 Å². The maximum atomic E-state index is 5.67. The summed E-state index contributed by atoms with van der Waals surface area (Å²) in [6.07, 6.45) is 0. The van der Waals surface area contributed by atoms with Gasteiger partial charge in [0.05, 0.1) is 0 Å². The molecular formula is C10H11ClS. The Labute approximate surface area is 83.6 Å². The van der Waals surface area contributed by atoms with Crippen molar-refractivity contribution in [1.29, 1.82) is 0 Å². The van der Waals surface area contributed by atoms with Gasteiger partial charge < -0.3 is 0 Å². The van der Waals surface area contributed by atoms with Gasteiger partial charge in [0, 0.05) is 5.56 Å². The van der Waals surface area contributed by atoms with E-state index in [-0.39, 0.29) is 0 Å². The van der Waals surface area contributed by atoms with E-state index in [1.165, 1.54) is 5.56 Å². The lowest BCUT2D eigenvalue weighted by Gasteiger charge is -2.04. The van der Waals surface area contributed by atoms with Gasteiger partial charge in [-0.2, -0.15) is 0 Å². The van der Waals surface area contributed by atoms with Gasteiger partial charge in [0.25, 0.3) is 0 Å². The molecule has 0 saturated carbocycles. The summed E-state index contributed by atoms with van der Waals surface area (Å²) in [5.74, 6) is 0.558. The Hall–Kier alpha value is -0.400. The molecule has 1 aromatic rings. The maximum Gasteiger partial charge on any atom is 0.111 e. The first kappa shape index (κ1) is 9.69. The normalized spacial score (nSPS) is 10.3. The van der Waals surface area contributed by atoms with Crippen LogP contribution in [-0.2, 0) is 0 Å². The predicted octanol–water partition coefficient (Wildman–Crippen LogP) is 3.72. The number of hydrogen-bond donors (Lipinski definition) is 0. The molecule has 0 unspecified atom stereocenters. The monoisotopic (exact) mass is 198 g/mol. The highest BCUT2D eigenvalue weighted by atomic mass is 35.5. The Balaban J connectivity index is 2.93. The van der Waals surface area contributed by atoms with Gasteiger partial charge in [-0.3, -0.25) is 0 Å². The highest BCUT2D eigenvalue weighted by Crippen LogP contribution is 2.15. The summed E-state index contributed by atoms with van der Waals surface area (Å²) in [5, 5.41) is 0. The largest absolute Gasteiger partial charge is 0.111 e. The zero-order chi connectivity index (χ0) is 9.14. The van der Waals surface area contributed by atoms with Crippen LogP contribution >= 0.6 is 23.8 Å². The number of hydrogen-bond acceptors (Lipinski definition) is 1. The molecule has 0 aliphatic heterocycles. The predicted molar refractivity (Wildman–Crippen MR) is 58.1 cm³/mol. The highest BCUT2D eigenvalue weighted by molar-refractivity contribution is 7.83. The van der Waals surface area contributed by atoms with Gasteiger partial charge in [-0.25, -0.2) is 0 Å². The molecule has 0 nitrogen and oxygen atoms in total. The molecule has 0 heterocycles. The Morgan fingerprint density at radius 3 is 2.08 bits per heavy atom. The first-order valence-corrected chi connectivity index (χ1v) is 4.69. The van der Waals surface area contributed by atoms with Gasteiger partial charge in [-0.05, 0) is 11.5 Å². The van der Waals surface area contributed by atoms with Crippen LogP contribution in [0, 0.1) is 0 Å². The third-order valence-electron chi connectivity index (χ3n) is 1.80. The number of halogens is 1.